The van der Waals surface area contributed by atoms with Gasteiger partial charge < -0.3 is 4.90 Å². The van der Waals surface area contributed by atoms with Crippen LogP contribution >= 0.6 is 0 Å². The number of ketones is 1. The largest absolute Gasteiger partial charge is 0.383 e. The molecule has 0 bridgehead atoms. The molecule has 4 nitrogen and oxygen atoms in total. The van der Waals surface area contributed by atoms with Gasteiger partial charge >= 0.3 is 0 Å². The van der Waals surface area contributed by atoms with Crippen LogP contribution in [0.1, 0.15) is 16.1 Å². The van der Waals surface area contributed by atoms with Gasteiger partial charge in [0.1, 0.15) is 0 Å². The van der Waals surface area contributed by atoms with Crippen LogP contribution < -0.4 is 0 Å². The number of hydrogen-bond acceptors (Lipinski definition) is 4. The lowest BCUT2D eigenvalue weighted by atomic mass is 10.1. The summed E-state index contributed by atoms with van der Waals surface area (Å²) in [6.07, 6.45) is 6.69. The van der Waals surface area contributed by atoms with Gasteiger partial charge in [0.15, 0.2) is 5.78 Å². The van der Waals surface area contributed by atoms with Gasteiger partial charge in [0.05, 0.1) is 5.52 Å². The smallest absolute Gasteiger partial charge is 0.189 e. The Morgan fingerprint density at radius 1 is 1.39 bits per heavy atom. The lowest BCUT2D eigenvalue weighted by molar-refractivity contribution is 0.104. The summed E-state index contributed by atoms with van der Waals surface area (Å²) in [5, 5.41) is 0.879. The van der Waals surface area contributed by atoms with Gasteiger partial charge in [-0.3, -0.25) is 14.8 Å². The number of nitrogens with zero attached hydrogens (tertiary/aromatic N) is 3. The van der Waals surface area contributed by atoms with Gasteiger partial charge in [-0.2, -0.15) is 0 Å². The highest BCUT2D eigenvalue weighted by atomic mass is 16.1. The van der Waals surface area contributed by atoms with E-state index in [4.69, 9.17) is 0 Å². The molecule has 18 heavy (non-hydrogen) atoms. The van der Waals surface area contributed by atoms with Crippen LogP contribution in [0, 0.1) is 6.92 Å². The van der Waals surface area contributed by atoms with E-state index in [0.29, 0.717) is 5.56 Å². The van der Waals surface area contributed by atoms with Crippen molar-refractivity contribution in [3.8, 4) is 0 Å². The first kappa shape index (κ1) is 12.2. The van der Waals surface area contributed by atoms with Gasteiger partial charge in [-0.15, -0.1) is 0 Å². The molecule has 92 valence electrons. The molecule has 0 aliphatic rings. The van der Waals surface area contributed by atoms with Gasteiger partial charge in [-0.1, -0.05) is 0 Å². The van der Waals surface area contributed by atoms with E-state index in [1.807, 2.05) is 38.1 Å². The average molecular weight is 241 g/mol. The highest BCUT2D eigenvalue weighted by Crippen LogP contribution is 2.16. The number of fused-ring (bicyclic) bond motifs is 1. The van der Waals surface area contributed by atoms with Crippen molar-refractivity contribution in [3.05, 3.63) is 48.1 Å². The monoisotopic (exact) mass is 241 g/mol. The van der Waals surface area contributed by atoms with Gasteiger partial charge in [0.25, 0.3) is 0 Å². The average Bonchev–Trinajstić information content (AvgIpc) is 2.35. The maximum Gasteiger partial charge on any atom is 0.189 e. The molecule has 0 amide bonds. The zero-order valence-electron chi connectivity index (χ0n) is 10.7. The Morgan fingerprint density at radius 3 is 2.89 bits per heavy atom. The van der Waals surface area contributed by atoms with Crippen molar-refractivity contribution in [2.24, 2.45) is 0 Å². The standard InChI is InChI=1S/C14H15N3O/c1-10-12(14(18)5-7-17(2)3)8-11-9-15-6-4-13(11)16-10/h4-9H,1-3H3. The van der Waals surface area contributed by atoms with Crippen LogP contribution in [0.25, 0.3) is 10.9 Å². The number of carbonyl (C=O) groups is 1. The van der Waals surface area contributed by atoms with E-state index in [9.17, 15) is 4.79 Å². The summed E-state index contributed by atoms with van der Waals surface area (Å²) in [5.74, 6) is -0.0422. The summed E-state index contributed by atoms with van der Waals surface area (Å²) in [6, 6.07) is 3.68. The predicted molar refractivity (Wildman–Crippen MR) is 71.4 cm³/mol. The predicted octanol–water partition coefficient (Wildman–Crippen LogP) is 2.20. The molecular weight excluding hydrogens is 226 g/mol. The normalized spacial score (nSPS) is 11.1. The molecule has 2 aromatic heterocycles. The van der Waals surface area contributed by atoms with Crippen molar-refractivity contribution in [2.45, 2.75) is 6.92 Å². The number of rotatable bonds is 3. The number of aromatic nitrogens is 2. The number of allylic oxidation sites excluding steroid dienone is 1. The van der Waals surface area contributed by atoms with E-state index < -0.39 is 0 Å². The lowest BCUT2D eigenvalue weighted by Gasteiger charge is -2.06. The summed E-state index contributed by atoms with van der Waals surface area (Å²) in [5.41, 5.74) is 2.21. The van der Waals surface area contributed by atoms with Crippen LogP contribution in [0.3, 0.4) is 0 Å². The zero-order chi connectivity index (χ0) is 13.1. The Morgan fingerprint density at radius 2 is 2.17 bits per heavy atom. The highest BCUT2D eigenvalue weighted by molar-refractivity contribution is 6.06. The molecular formula is C14H15N3O. The fourth-order valence-corrected chi connectivity index (χ4v) is 1.67. The molecule has 2 heterocycles. The topological polar surface area (TPSA) is 46.1 Å². The number of carbonyl (C=O) groups excluding carboxylic acids is 1. The van der Waals surface area contributed by atoms with E-state index in [0.717, 1.165) is 16.6 Å². The summed E-state index contributed by atoms with van der Waals surface area (Å²) < 4.78 is 0. The number of pyridine rings is 2. The van der Waals surface area contributed by atoms with E-state index in [1.54, 1.807) is 24.7 Å². The maximum atomic E-state index is 12.0. The minimum atomic E-state index is -0.0422. The quantitative estimate of drug-likeness (QED) is 0.610. The Labute approximate surface area is 106 Å². The Bertz CT molecular complexity index is 617. The van der Waals surface area contributed by atoms with Gasteiger partial charge in [0, 0.05) is 55.4 Å². The molecule has 2 rings (SSSR count). The van der Waals surface area contributed by atoms with Gasteiger partial charge in [-0.05, 0) is 19.1 Å². The van der Waals surface area contributed by atoms with Crippen LogP contribution in [0.4, 0.5) is 0 Å². The fraction of sp³-hybridized carbons (Fsp3) is 0.214. The maximum absolute atomic E-state index is 12.0. The van der Waals surface area contributed by atoms with Crippen molar-refractivity contribution in [1.29, 1.82) is 0 Å². The summed E-state index contributed by atoms with van der Waals surface area (Å²) in [6.45, 7) is 1.84. The van der Waals surface area contributed by atoms with E-state index in [1.165, 1.54) is 0 Å². The van der Waals surface area contributed by atoms with Crippen molar-refractivity contribution >= 4 is 16.7 Å². The molecule has 0 saturated carbocycles. The van der Waals surface area contributed by atoms with Crippen molar-refractivity contribution < 1.29 is 4.79 Å². The lowest BCUT2D eigenvalue weighted by Crippen LogP contribution is -2.05. The molecule has 0 saturated heterocycles. The van der Waals surface area contributed by atoms with E-state index in [-0.39, 0.29) is 5.78 Å². The Kier molecular flexibility index (Phi) is 3.37. The molecule has 0 N–H and O–H groups in total. The van der Waals surface area contributed by atoms with Crippen molar-refractivity contribution in [3.63, 3.8) is 0 Å². The minimum Gasteiger partial charge on any atom is -0.383 e. The number of hydrogen-bond donors (Lipinski definition) is 0. The molecule has 0 radical (unpaired) electrons. The van der Waals surface area contributed by atoms with Crippen molar-refractivity contribution in [1.82, 2.24) is 14.9 Å². The molecule has 0 aromatic carbocycles. The van der Waals surface area contributed by atoms with E-state index in [2.05, 4.69) is 9.97 Å². The molecule has 2 aromatic rings. The second kappa shape index (κ2) is 4.96. The number of aryl methyl sites for hydroxylation is 1. The first-order valence-electron chi connectivity index (χ1n) is 5.68. The molecule has 0 fully saturated rings. The molecule has 0 aliphatic carbocycles. The second-order valence-electron chi connectivity index (χ2n) is 4.33. The second-order valence-corrected chi connectivity index (χ2v) is 4.33. The van der Waals surface area contributed by atoms with Crippen LogP contribution in [-0.2, 0) is 0 Å². The highest BCUT2D eigenvalue weighted by Gasteiger charge is 2.09. The third-order valence-electron chi connectivity index (χ3n) is 2.60. The molecule has 0 atom stereocenters. The van der Waals surface area contributed by atoms with Crippen molar-refractivity contribution in [2.75, 3.05) is 14.1 Å². The molecule has 0 unspecified atom stereocenters. The third kappa shape index (κ3) is 2.53. The first-order chi connectivity index (χ1) is 8.58. The van der Waals surface area contributed by atoms with Crippen LogP contribution in [0.2, 0.25) is 0 Å². The summed E-state index contributed by atoms with van der Waals surface area (Å²) in [4.78, 5) is 22.3. The van der Waals surface area contributed by atoms with Crippen LogP contribution in [0.15, 0.2) is 36.8 Å². The van der Waals surface area contributed by atoms with E-state index >= 15 is 0 Å². The van der Waals surface area contributed by atoms with Crippen LogP contribution in [-0.4, -0.2) is 34.7 Å². The summed E-state index contributed by atoms with van der Waals surface area (Å²) >= 11 is 0. The first-order valence-corrected chi connectivity index (χ1v) is 5.68. The molecule has 4 heteroatoms. The minimum absolute atomic E-state index is 0.0422. The van der Waals surface area contributed by atoms with Gasteiger partial charge in [-0.25, -0.2) is 0 Å². The van der Waals surface area contributed by atoms with Gasteiger partial charge in [0.2, 0.25) is 0 Å². The Hall–Kier alpha value is -2.23. The molecule has 0 spiro atoms. The SMILES string of the molecule is Cc1nc2ccncc2cc1C(=O)C=CN(C)C. The summed E-state index contributed by atoms with van der Waals surface area (Å²) in [7, 11) is 3.75. The fourth-order valence-electron chi connectivity index (χ4n) is 1.67. The zero-order valence-corrected chi connectivity index (χ0v) is 10.7. The molecule has 0 aliphatic heterocycles. The third-order valence-corrected chi connectivity index (χ3v) is 2.60. The Balaban J connectivity index is 2.44. The van der Waals surface area contributed by atoms with Crippen LogP contribution in [0.5, 0.6) is 0 Å².